The highest BCUT2D eigenvalue weighted by Gasteiger charge is 2.10. The van der Waals surface area contributed by atoms with Crippen molar-refractivity contribution in [3.8, 4) is 0 Å². The monoisotopic (exact) mass is 264 g/mol. The van der Waals surface area contributed by atoms with Crippen LogP contribution in [-0.2, 0) is 0 Å². The minimum absolute atomic E-state index is 0.616. The van der Waals surface area contributed by atoms with Crippen molar-refractivity contribution < 1.29 is 4.42 Å². The molecule has 1 N–H and O–H groups in total. The molecule has 0 unspecified atom stereocenters. The van der Waals surface area contributed by atoms with Crippen LogP contribution in [-0.4, -0.2) is 21.5 Å². The van der Waals surface area contributed by atoms with E-state index in [9.17, 15) is 0 Å². The van der Waals surface area contributed by atoms with E-state index in [4.69, 9.17) is 4.42 Å². The van der Waals surface area contributed by atoms with Gasteiger partial charge in [0.05, 0.1) is 5.69 Å². The van der Waals surface area contributed by atoms with E-state index in [0.29, 0.717) is 11.2 Å². The lowest BCUT2D eigenvalue weighted by molar-refractivity contribution is 0.431. The number of aryl methyl sites for hydroxylation is 3. The molecule has 2 aromatic heterocycles. The van der Waals surface area contributed by atoms with E-state index in [-0.39, 0.29) is 0 Å². The first-order valence-electron chi connectivity index (χ1n) is 5.80. The molecule has 0 bridgehead atoms. The minimum atomic E-state index is 0.616. The SMILES string of the molecule is CCNc1nc(C)cc(Sc2nc(C)c(C)o2)n1. The predicted octanol–water partition coefficient (Wildman–Crippen LogP) is 2.97. The van der Waals surface area contributed by atoms with E-state index in [1.165, 1.54) is 11.8 Å². The molecule has 18 heavy (non-hydrogen) atoms. The number of nitrogens with one attached hydrogen (secondary N) is 1. The Kier molecular flexibility index (Phi) is 3.86. The molecule has 0 saturated heterocycles. The van der Waals surface area contributed by atoms with Gasteiger partial charge in [-0.3, -0.25) is 0 Å². The Bertz CT molecular complexity index is 534. The van der Waals surface area contributed by atoms with Crippen molar-refractivity contribution >= 4 is 17.7 Å². The van der Waals surface area contributed by atoms with Crippen molar-refractivity contribution in [2.75, 3.05) is 11.9 Å². The summed E-state index contributed by atoms with van der Waals surface area (Å²) in [6, 6.07) is 1.92. The van der Waals surface area contributed by atoms with Gasteiger partial charge in [-0.1, -0.05) is 0 Å². The molecule has 2 aromatic rings. The first-order chi connectivity index (χ1) is 8.58. The Hall–Kier alpha value is -1.56. The van der Waals surface area contributed by atoms with Crippen molar-refractivity contribution in [1.82, 2.24) is 15.0 Å². The van der Waals surface area contributed by atoms with Crippen LogP contribution in [0.5, 0.6) is 0 Å². The van der Waals surface area contributed by atoms with Gasteiger partial charge in [-0.25, -0.2) is 15.0 Å². The zero-order chi connectivity index (χ0) is 13.1. The van der Waals surface area contributed by atoms with Crippen LogP contribution in [0.1, 0.15) is 24.1 Å². The smallest absolute Gasteiger partial charge is 0.262 e. The van der Waals surface area contributed by atoms with Crippen LogP contribution in [0.3, 0.4) is 0 Å². The van der Waals surface area contributed by atoms with Crippen LogP contribution >= 0.6 is 11.8 Å². The third-order valence-corrected chi connectivity index (χ3v) is 3.13. The average molecular weight is 264 g/mol. The van der Waals surface area contributed by atoms with Gasteiger partial charge in [-0.05, 0) is 45.5 Å². The fourth-order valence-corrected chi connectivity index (χ4v) is 2.30. The van der Waals surface area contributed by atoms with E-state index in [1.54, 1.807) is 0 Å². The van der Waals surface area contributed by atoms with Gasteiger partial charge < -0.3 is 9.73 Å². The van der Waals surface area contributed by atoms with E-state index in [1.807, 2.05) is 33.8 Å². The molecule has 0 aromatic carbocycles. The second kappa shape index (κ2) is 5.39. The molecule has 6 heteroatoms. The van der Waals surface area contributed by atoms with Crippen molar-refractivity contribution in [2.45, 2.75) is 37.9 Å². The Labute approximate surface area is 110 Å². The molecule has 2 heterocycles. The Morgan fingerprint density at radius 3 is 2.61 bits per heavy atom. The van der Waals surface area contributed by atoms with Crippen LogP contribution in [0, 0.1) is 20.8 Å². The Morgan fingerprint density at radius 1 is 1.22 bits per heavy atom. The molecule has 0 fully saturated rings. The summed E-state index contributed by atoms with van der Waals surface area (Å²) in [6.45, 7) is 8.59. The van der Waals surface area contributed by atoms with E-state index in [0.717, 1.165) is 28.7 Å². The lowest BCUT2D eigenvalue weighted by atomic mass is 10.4. The number of anilines is 1. The van der Waals surface area contributed by atoms with Gasteiger partial charge in [0.15, 0.2) is 0 Å². The molecule has 0 aliphatic heterocycles. The number of aromatic nitrogens is 3. The Morgan fingerprint density at radius 2 is 2.00 bits per heavy atom. The highest BCUT2D eigenvalue weighted by molar-refractivity contribution is 7.99. The highest BCUT2D eigenvalue weighted by atomic mass is 32.2. The van der Waals surface area contributed by atoms with Gasteiger partial charge in [-0.2, -0.15) is 0 Å². The van der Waals surface area contributed by atoms with Crippen LogP contribution in [0.2, 0.25) is 0 Å². The highest BCUT2D eigenvalue weighted by Crippen LogP contribution is 2.27. The molecule has 2 rings (SSSR count). The van der Waals surface area contributed by atoms with Gasteiger partial charge in [0.2, 0.25) is 5.95 Å². The standard InChI is InChI=1S/C12H16N4OS/c1-5-13-11-14-7(2)6-10(16-11)18-12-15-8(3)9(4)17-12/h6H,5H2,1-4H3,(H,13,14,16). The summed E-state index contributed by atoms with van der Waals surface area (Å²) in [5.74, 6) is 1.48. The van der Waals surface area contributed by atoms with E-state index < -0.39 is 0 Å². The van der Waals surface area contributed by atoms with Gasteiger partial charge in [0.1, 0.15) is 10.8 Å². The van der Waals surface area contributed by atoms with Gasteiger partial charge in [0, 0.05) is 12.2 Å². The predicted molar refractivity (Wildman–Crippen MR) is 71.0 cm³/mol. The maximum atomic E-state index is 5.53. The normalized spacial score (nSPS) is 10.7. The summed E-state index contributed by atoms with van der Waals surface area (Å²) in [6.07, 6.45) is 0. The summed E-state index contributed by atoms with van der Waals surface area (Å²) < 4.78 is 5.53. The molecular formula is C12H16N4OS. The topological polar surface area (TPSA) is 63.8 Å². The first kappa shape index (κ1) is 12.9. The first-order valence-corrected chi connectivity index (χ1v) is 6.61. The Balaban J connectivity index is 2.22. The van der Waals surface area contributed by atoms with E-state index in [2.05, 4.69) is 20.3 Å². The van der Waals surface area contributed by atoms with E-state index >= 15 is 0 Å². The summed E-state index contributed by atoms with van der Waals surface area (Å²) >= 11 is 1.41. The van der Waals surface area contributed by atoms with Crippen molar-refractivity contribution in [3.05, 3.63) is 23.2 Å². The zero-order valence-corrected chi connectivity index (χ0v) is 11.8. The molecule has 0 aliphatic rings. The summed E-state index contributed by atoms with van der Waals surface area (Å²) in [5, 5.41) is 4.55. The van der Waals surface area contributed by atoms with Crippen molar-refractivity contribution in [2.24, 2.45) is 0 Å². The lowest BCUT2D eigenvalue weighted by Gasteiger charge is -2.04. The molecule has 0 radical (unpaired) electrons. The maximum absolute atomic E-state index is 5.53. The number of hydrogen-bond acceptors (Lipinski definition) is 6. The lowest BCUT2D eigenvalue weighted by Crippen LogP contribution is -2.03. The van der Waals surface area contributed by atoms with Crippen molar-refractivity contribution in [3.63, 3.8) is 0 Å². The number of nitrogens with zero attached hydrogens (tertiary/aromatic N) is 3. The minimum Gasteiger partial charge on any atom is -0.436 e. The molecule has 0 spiro atoms. The molecule has 96 valence electrons. The second-order valence-electron chi connectivity index (χ2n) is 3.92. The van der Waals surface area contributed by atoms with Crippen LogP contribution in [0.15, 0.2) is 20.7 Å². The van der Waals surface area contributed by atoms with Gasteiger partial charge in [0.25, 0.3) is 5.22 Å². The molecule has 0 saturated carbocycles. The van der Waals surface area contributed by atoms with Gasteiger partial charge in [-0.15, -0.1) is 0 Å². The fraction of sp³-hybridized carbons (Fsp3) is 0.417. The molecular weight excluding hydrogens is 248 g/mol. The zero-order valence-electron chi connectivity index (χ0n) is 10.9. The van der Waals surface area contributed by atoms with Crippen LogP contribution in [0.25, 0.3) is 0 Å². The number of hydrogen-bond donors (Lipinski definition) is 1. The average Bonchev–Trinajstić information content (AvgIpc) is 2.57. The second-order valence-corrected chi connectivity index (χ2v) is 4.90. The third-order valence-electron chi connectivity index (χ3n) is 2.37. The molecule has 0 amide bonds. The summed E-state index contributed by atoms with van der Waals surface area (Å²) in [7, 11) is 0. The fourth-order valence-electron chi connectivity index (χ4n) is 1.41. The number of rotatable bonds is 4. The molecule has 5 nitrogen and oxygen atoms in total. The molecule has 0 atom stereocenters. The largest absolute Gasteiger partial charge is 0.436 e. The summed E-state index contributed by atoms with van der Waals surface area (Å²) in [4.78, 5) is 13.0. The van der Waals surface area contributed by atoms with Crippen molar-refractivity contribution in [1.29, 1.82) is 0 Å². The molecule has 0 aliphatic carbocycles. The summed E-state index contributed by atoms with van der Waals surface area (Å²) in [5.41, 5.74) is 1.83. The third kappa shape index (κ3) is 3.01. The maximum Gasteiger partial charge on any atom is 0.262 e. The van der Waals surface area contributed by atoms with Gasteiger partial charge >= 0.3 is 0 Å². The van der Waals surface area contributed by atoms with Crippen LogP contribution < -0.4 is 5.32 Å². The quantitative estimate of drug-likeness (QED) is 0.856. The van der Waals surface area contributed by atoms with Crippen LogP contribution in [0.4, 0.5) is 5.95 Å². The number of oxazole rings is 1.